The number of piperazine rings is 1. The summed E-state index contributed by atoms with van der Waals surface area (Å²) in [6, 6.07) is 8.46. The van der Waals surface area contributed by atoms with Crippen LogP contribution < -0.4 is 9.64 Å². The SMILES string of the molecule is CCOc1ccc(S(=O)(=O)N2CCN(c3cc(-n4ccnc4C)ncn3)CC2)cc1. The van der Waals surface area contributed by atoms with E-state index in [0.29, 0.717) is 38.5 Å². The molecule has 0 atom stereocenters. The molecule has 10 heteroatoms. The first-order valence-electron chi connectivity index (χ1n) is 9.79. The van der Waals surface area contributed by atoms with Crippen LogP contribution >= 0.6 is 0 Å². The highest BCUT2D eigenvalue weighted by atomic mass is 32.2. The number of ether oxygens (including phenoxy) is 1. The molecule has 1 saturated heterocycles. The predicted molar refractivity (Wildman–Crippen MR) is 112 cm³/mol. The molecular formula is C20H24N6O3S. The van der Waals surface area contributed by atoms with Crippen LogP contribution in [-0.4, -0.2) is 65.0 Å². The van der Waals surface area contributed by atoms with E-state index in [-0.39, 0.29) is 4.90 Å². The molecule has 3 heterocycles. The molecular weight excluding hydrogens is 404 g/mol. The van der Waals surface area contributed by atoms with Crippen molar-refractivity contribution >= 4 is 15.8 Å². The number of hydrogen-bond donors (Lipinski definition) is 0. The van der Waals surface area contributed by atoms with Crippen molar-refractivity contribution in [3.63, 3.8) is 0 Å². The van der Waals surface area contributed by atoms with Crippen LogP contribution in [0.1, 0.15) is 12.7 Å². The lowest BCUT2D eigenvalue weighted by Crippen LogP contribution is -2.48. The van der Waals surface area contributed by atoms with Crippen LogP contribution in [0.3, 0.4) is 0 Å². The molecule has 1 aliphatic rings. The number of rotatable bonds is 6. The van der Waals surface area contributed by atoms with Crippen LogP contribution in [0, 0.1) is 6.92 Å². The normalized spacial score (nSPS) is 15.3. The van der Waals surface area contributed by atoms with Crippen LogP contribution in [0.4, 0.5) is 5.82 Å². The molecule has 2 aromatic heterocycles. The Labute approximate surface area is 176 Å². The summed E-state index contributed by atoms with van der Waals surface area (Å²) >= 11 is 0. The van der Waals surface area contributed by atoms with Gasteiger partial charge in [0.1, 0.15) is 29.5 Å². The molecule has 0 amide bonds. The average molecular weight is 429 g/mol. The van der Waals surface area contributed by atoms with Crippen molar-refractivity contribution in [3.8, 4) is 11.6 Å². The Morgan fingerprint density at radius 1 is 1.00 bits per heavy atom. The second kappa shape index (κ2) is 8.41. The van der Waals surface area contributed by atoms with Crippen LogP contribution in [0.2, 0.25) is 0 Å². The van der Waals surface area contributed by atoms with Gasteiger partial charge in [0.2, 0.25) is 10.0 Å². The minimum atomic E-state index is -3.54. The average Bonchev–Trinajstić information content (AvgIpc) is 3.20. The predicted octanol–water partition coefficient (Wildman–Crippen LogP) is 1.88. The van der Waals surface area contributed by atoms with E-state index >= 15 is 0 Å². The lowest BCUT2D eigenvalue weighted by Gasteiger charge is -2.34. The molecule has 0 N–H and O–H groups in total. The van der Waals surface area contributed by atoms with Gasteiger partial charge in [-0.2, -0.15) is 4.31 Å². The highest BCUT2D eigenvalue weighted by Crippen LogP contribution is 2.23. The largest absolute Gasteiger partial charge is 0.494 e. The van der Waals surface area contributed by atoms with Gasteiger partial charge < -0.3 is 9.64 Å². The molecule has 158 valence electrons. The second-order valence-electron chi connectivity index (χ2n) is 6.87. The highest BCUT2D eigenvalue weighted by Gasteiger charge is 2.29. The highest BCUT2D eigenvalue weighted by molar-refractivity contribution is 7.89. The topological polar surface area (TPSA) is 93.5 Å². The molecule has 1 aliphatic heterocycles. The molecule has 9 nitrogen and oxygen atoms in total. The molecule has 0 bridgehead atoms. The van der Waals surface area contributed by atoms with Gasteiger partial charge >= 0.3 is 0 Å². The maximum atomic E-state index is 13.0. The second-order valence-corrected chi connectivity index (χ2v) is 8.81. The number of anilines is 1. The molecule has 4 rings (SSSR count). The first-order chi connectivity index (χ1) is 14.5. The van der Waals surface area contributed by atoms with Crippen LogP contribution in [-0.2, 0) is 10.0 Å². The number of sulfonamides is 1. The zero-order valence-electron chi connectivity index (χ0n) is 17.0. The Hall–Kier alpha value is -2.98. The molecule has 1 fully saturated rings. The van der Waals surface area contributed by atoms with Crippen LogP contribution in [0.25, 0.3) is 5.82 Å². The van der Waals surface area contributed by atoms with Crippen molar-refractivity contribution < 1.29 is 13.2 Å². The van der Waals surface area contributed by atoms with Gasteiger partial charge in [0.05, 0.1) is 11.5 Å². The van der Waals surface area contributed by atoms with Crippen molar-refractivity contribution in [2.24, 2.45) is 0 Å². The van der Waals surface area contributed by atoms with Crippen LogP contribution in [0.15, 0.2) is 53.9 Å². The van der Waals surface area contributed by atoms with Crippen molar-refractivity contribution in [2.45, 2.75) is 18.7 Å². The van der Waals surface area contributed by atoms with Crippen LogP contribution in [0.5, 0.6) is 5.75 Å². The van der Waals surface area contributed by atoms with E-state index in [9.17, 15) is 8.42 Å². The van der Waals surface area contributed by atoms with Gasteiger partial charge in [-0.1, -0.05) is 0 Å². The summed E-state index contributed by atoms with van der Waals surface area (Å²) in [5, 5.41) is 0. The number of aromatic nitrogens is 4. The molecule has 0 spiro atoms. The monoisotopic (exact) mass is 428 g/mol. The Morgan fingerprint density at radius 3 is 2.33 bits per heavy atom. The number of aryl methyl sites for hydroxylation is 1. The molecule has 0 aliphatic carbocycles. The fourth-order valence-electron chi connectivity index (χ4n) is 3.44. The van der Waals surface area contributed by atoms with Gasteiger partial charge in [0.15, 0.2) is 0 Å². The van der Waals surface area contributed by atoms with Gasteiger partial charge in [-0.15, -0.1) is 0 Å². The number of benzene rings is 1. The molecule has 0 unspecified atom stereocenters. The molecule has 0 radical (unpaired) electrons. The molecule has 0 saturated carbocycles. The van der Waals surface area contributed by atoms with Gasteiger partial charge in [-0.3, -0.25) is 4.57 Å². The summed E-state index contributed by atoms with van der Waals surface area (Å²) in [4.78, 5) is 15.3. The third-order valence-corrected chi connectivity index (χ3v) is 6.96. The Kier molecular flexibility index (Phi) is 5.69. The Bertz CT molecular complexity index is 1110. The fourth-order valence-corrected chi connectivity index (χ4v) is 4.87. The van der Waals surface area contributed by atoms with E-state index in [0.717, 1.165) is 17.5 Å². The third kappa shape index (κ3) is 4.01. The zero-order chi connectivity index (χ0) is 21.1. The van der Waals surface area contributed by atoms with Crippen molar-refractivity contribution in [1.29, 1.82) is 0 Å². The van der Waals surface area contributed by atoms with Gasteiger partial charge in [0.25, 0.3) is 0 Å². The maximum absolute atomic E-state index is 13.0. The van der Waals surface area contributed by atoms with E-state index in [1.165, 1.54) is 10.6 Å². The quantitative estimate of drug-likeness (QED) is 0.592. The maximum Gasteiger partial charge on any atom is 0.243 e. The number of hydrogen-bond acceptors (Lipinski definition) is 7. The van der Waals surface area contributed by atoms with E-state index in [1.807, 2.05) is 30.7 Å². The summed E-state index contributed by atoms with van der Waals surface area (Å²) < 4.78 is 34.7. The van der Waals surface area contributed by atoms with E-state index in [4.69, 9.17) is 4.74 Å². The minimum Gasteiger partial charge on any atom is -0.494 e. The Balaban J connectivity index is 1.45. The van der Waals surface area contributed by atoms with E-state index < -0.39 is 10.0 Å². The summed E-state index contributed by atoms with van der Waals surface area (Å²) in [5.74, 6) is 3.01. The van der Waals surface area contributed by atoms with E-state index in [1.54, 1.807) is 30.5 Å². The molecule has 3 aromatic rings. The fraction of sp³-hybridized carbons (Fsp3) is 0.350. The Morgan fingerprint density at radius 2 is 1.70 bits per heavy atom. The smallest absolute Gasteiger partial charge is 0.243 e. The summed E-state index contributed by atoms with van der Waals surface area (Å²) in [6.45, 7) is 6.22. The van der Waals surface area contributed by atoms with Crippen molar-refractivity contribution in [1.82, 2.24) is 23.8 Å². The number of nitrogens with zero attached hydrogens (tertiary/aromatic N) is 6. The first kappa shape index (κ1) is 20.3. The first-order valence-corrected chi connectivity index (χ1v) is 11.2. The van der Waals surface area contributed by atoms with Gasteiger partial charge in [0, 0.05) is 44.6 Å². The third-order valence-electron chi connectivity index (χ3n) is 5.05. The lowest BCUT2D eigenvalue weighted by atomic mass is 10.3. The summed E-state index contributed by atoms with van der Waals surface area (Å²) in [7, 11) is -3.54. The van der Waals surface area contributed by atoms with Gasteiger partial charge in [-0.25, -0.2) is 23.4 Å². The molecule has 1 aromatic carbocycles. The van der Waals surface area contributed by atoms with E-state index in [2.05, 4.69) is 19.9 Å². The summed E-state index contributed by atoms with van der Waals surface area (Å²) in [6.07, 6.45) is 5.09. The van der Waals surface area contributed by atoms with Gasteiger partial charge in [-0.05, 0) is 38.1 Å². The summed E-state index contributed by atoms with van der Waals surface area (Å²) in [5.41, 5.74) is 0. The minimum absolute atomic E-state index is 0.277. The number of imidazole rings is 1. The standard InChI is InChI=1S/C20H24N6O3S/c1-3-29-17-4-6-18(7-5-17)30(27,28)25-12-10-24(11-13-25)19-14-20(23-15-22-19)26-9-8-21-16(26)2/h4-9,14-15H,3,10-13H2,1-2H3. The zero-order valence-corrected chi connectivity index (χ0v) is 17.8. The van der Waals surface area contributed by atoms with Crippen molar-refractivity contribution in [3.05, 3.63) is 54.9 Å². The lowest BCUT2D eigenvalue weighted by molar-refractivity contribution is 0.340. The molecule has 30 heavy (non-hydrogen) atoms. The van der Waals surface area contributed by atoms with Crippen molar-refractivity contribution in [2.75, 3.05) is 37.7 Å².